The monoisotopic (exact) mass is 386 g/mol. The number of benzene rings is 2. The molecule has 1 unspecified atom stereocenters. The lowest BCUT2D eigenvalue weighted by molar-refractivity contribution is -0.123. The number of nitrogens with two attached hydrogens (primary N) is 1. The number of amides is 2. The Morgan fingerprint density at radius 2 is 1.86 bits per heavy atom. The van der Waals surface area contributed by atoms with Crippen molar-refractivity contribution < 1.29 is 18.4 Å². The van der Waals surface area contributed by atoms with Crippen LogP contribution in [0.25, 0.3) is 0 Å². The number of carbonyl (C=O) groups is 2. The van der Waals surface area contributed by atoms with Crippen molar-refractivity contribution in [2.75, 3.05) is 10.6 Å². The maximum absolute atomic E-state index is 13.2. The summed E-state index contributed by atoms with van der Waals surface area (Å²) >= 11 is 0. The molecule has 5 N–H and O–H groups in total. The second kappa shape index (κ2) is 8.25. The van der Waals surface area contributed by atoms with Crippen molar-refractivity contribution in [2.45, 2.75) is 12.5 Å². The van der Waals surface area contributed by atoms with Crippen LogP contribution in [0.1, 0.15) is 6.42 Å². The third-order valence-electron chi connectivity index (χ3n) is 3.67. The predicted octanol–water partition coefficient (Wildman–Crippen LogP) is 1.57. The van der Waals surface area contributed by atoms with Crippen LogP contribution in [0.2, 0.25) is 0 Å². The van der Waals surface area contributed by atoms with E-state index in [1.165, 1.54) is 6.07 Å². The van der Waals surface area contributed by atoms with Gasteiger partial charge in [-0.15, -0.1) is 0 Å². The molecular weight excluding hydrogens is 370 g/mol. The van der Waals surface area contributed by atoms with Crippen LogP contribution in [0.4, 0.5) is 20.2 Å². The van der Waals surface area contributed by atoms with E-state index >= 15 is 0 Å². The van der Waals surface area contributed by atoms with Gasteiger partial charge >= 0.3 is 0 Å². The average molecular weight is 386 g/mol. The number of nitrogens with one attached hydrogen (secondary N) is 3. The van der Waals surface area contributed by atoms with Gasteiger partial charge in [-0.1, -0.05) is 18.2 Å². The maximum atomic E-state index is 13.2. The first kappa shape index (κ1) is 19.0. The molecule has 1 atom stereocenters. The summed E-state index contributed by atoms with van der Waals surface area (Å²) in [7, 11) is 0. The van der Waals surface area contributed by atoms with Gasteiger partial charge in [0.15, 0.2) is 11.6 Å². The second-order valence-corrected chi connectivity index (χ2v) is 5.83. The molecule has 2 amide bonds. The largest absolute Gasteiger partial charge is 0.369 e. The average Bonchev–Trinajstić information content (AvgIpc) is 2.97. The van der Waals surface area contributed by atoms with E-state index in [0.29, 0.717) is 5.69 Å². The van der Waals surface area contributed by atoms with Gasteiger partial charge in [0.1, 0.15) is 6.04 Å². The Kier molecular flexibility index (Phi) is 5.58. The minimum atomic E-state index is -1.09. The van der Waals surface area contributed by atoms with Crippen molar-refractivity contribution in [1.29, 1.82) is 0 Å². The van der Waals surface area contributed by atoms with Gasteiger partial charge in [-0.25, -0.2) is 13.8 Å². The normalized spacial score (nSPS) is 16.4. The molecule has 8 nitrogen and oxygen atoms in total. The Morgan fingerprint density at radius 3 is 2.57 bits per heavy atom. The molecule has 0 saturated carbocycles. The number of para-hydroxylation sites is 1. The van der Waals surface area contributed by atoms with Crippen molar-refractivity contribution in [1.82, 2.24) is 5.32 Å². The molecule has 2 aromatic carbocycles. The van der Waals surface area contributed by atoms with E-state index in [-0.39, 0.29) is 24.0 Å². The Labute approximate surface area is 158 Å². The Morgan fingerprint density at radius 1 is 1.11 bits per heavy atom. The van der Waals surface area contributed by atoms with Crippen molar-refractivity contribution in [2.24, 2.45) is 15.7 Å². The van der Waals surface area contributed by atoms with Gasteiger partial charge in [0.25, 0.3) is 5.91 Å². The van der Waals surface area contributed by atoms with Crippen LogP contribution in [0.3, 0.4) is 0 Å². The highest BCUT2D eigenvalue weighted by molar-refractivity contribution is 6.11. The summed E-state index contributed by atoms with van der Waals surface area (Å²) in [5.74, 6) is -3.25. The first-order chi connectivity index (χ1) is 13.4. The number of rotatable bonds is 4. The fraction of sp³-hybridized carbons (Fsp3) is 0.111. The third-order valence-corrected chi connectivity index (χ3v) is 3.67. The van der Waals surface area contributed by atoms with E-state index in [9.17, 15) is 18.4 Å². The molecule has 1 aliphatic heterocycles. The molecule has 0 aromatic heterocycles. The minimum absolute atomic E-state index is 0.0112. The number of anilines is 2. The standard InChI is InChI=1S/C18H16F2N6O2/c19-12-7-6-11(8-13(12)20)22-15(27)9-14-16(28)25-18(24-14)26-17(21)23-10-4-2-1-3-5-10/h1-8,14H,9H2,(H,22,27)(H4,21,23,24,25,26,28). The Hall–Kier alpha value is -3.82. The summed E-state index contributed by atoms with van der Waals surface area (Å²) in [6.45, 7) is 0. The Balaban J connectivity index is 1.60. The lowest BCUT2D eigenvalue weighted by atomic mass is 10.2. The molecule has 0 spiro atoms. The molecule has 0 saturated heterocycles. The van der Waals surface area contributed by atoms with Gasteiger partial charge in [-0.3, -0.25) is 14.9 Å². The maximum Gasteiger partial charge on any atom is 0.252 e. The molecule has 144 valence electrons. The number of hydrogen-bond acceptors (Lipinski definition) is 4. The molecule has 1 heterocycles. The van der Waals surface area contributed by atoms with Crippen molar-refractivity contribution in [3.8, 4) is 0 Å². The second-order valence-electron chi connectivity index (χ2n) is 5.83. The lowest BCUT2D eigenvalue weighted by Crippen LogP contribution is -2.32. The summed E-state index contributed by atoms with van der Waals surface area (Å²) in [4.78, 5) is 32.0. The highest BCUT2D eigenvalue weighted by atomic mass is 19.2. The quantitative estimate of drug-likeness (QED) is 0.471. The molecule has 10 heteroatoms. The lowest BCUT2D eigenvalue weighted by Gasteiger charge is -2.07. The predicted molar refractivity (Wildman–Crippen MR) is 101 cm³/mol. The van der Waals surface area contributed by atoms with Gasteiger partial charge < -0.3 is 16.4 Å². The summed E-state index contributed by atoms with van der Waals surface area (Å²) in [5.41, 5.74) is 6.54. The zero-order valence-corrected chi connectivity index (χ0v) is 14.4. The number of carbonyl (C=O) groups excluding carboxylic acids is 2. The van der Waals surface area contributed by atoms with E-state index in [4.69, 9.17) is 5.73 Å². The SMILES string of the molecule is N/C(=N\C1=NC(CC(=O)Nc2ccc(F)c(F)c2)C(=O)N1)Nc1ccccc1. The Bertz CT molecular complexity index is 962. The van der Waals surface area contributed by atoms with Gasteiger partial charge in [-0.05, 0) is 24.3 Å². The van der Waals surface area contributed by atoms with Crippen molar-refractivity contribution >= 4 is 35.1 Å². The molecule has 2 aromatic rings. The highest BCUT2D eigenvalue weighted by Gasteiger charge is 2.28. The van der Waals surface area contributed by atoms with Crippen LogP contribution in [0.5, 0.6) is 0 Å². The molecule has 1 aliphatic rings. The van der Waals surface area contributed by atoms with Crippen molar-refractivity contribution in [3.05, 3.63) is 60.2 Å². The summed E-state index contributed by atoms with van der Waals surface area (Å²) in [5, 5.41) is 7.63. The molecule has 0 aliphatic carbocycles. The summed E-state index contributed by atoms with van der Waals surface area (Å²) < 4.78 is 26.1. The first-order valence-electron chi connectivity index (χ1n) is 8.20. The topological polar surface area (TPSA) is 121 Å². The van der Waals surface area contributed by atoms with Crippen molar-refractivity contribution in [3.63, 3.8) is 0 Å². The molecule has 0 fully saturated rings. The fourth-order valence-corrected chi connectivity index (χ4v) is 2.40. The van der Waals surface area contributed by atoms with Gasteiger partial charge in [0, 0.05) is 17.4 Å². The molecule has 28 heavy (non-hydrogen) atoms. The number of hydrogen-bond donors (Lipinski definition) is 4. The zero-order chi connectivity index (χ0) is 20.1. The van der Waals surface area contributed by atoms with Gasteiger partial charge in [0.2, 0.25) is 17.8 Å². The summed E-state index contributed by atoms with van der Waals surface area (Å²) in [6, 6.07) is 11.0. The van der Waals surface area contributed by atoms with Crippen LogP contribution in [0, 0.1) is 11.6 Å². The van der Waals surface area contributed by atoms with Crippen LogP contribution in [-0.2, 0) is 9.59 Å². The van der Waals surface area contributed by atoms with Crippen LogP contribution < -0.4 is 21.7 Å². The highest BCUT2D eigenvalue weighted by Crippen LogP contribution is 2.14. The molecule has 0 bridgehead atoms. The van der Waals surface area contributed by atoms with E-state index in [0.717, 1.165) is 12.1 Å². The van der Waals surface area contributed by atoms with E-state index < -0.39 is 29.5 Å². The zero-order valence-electron chi connectivity index (χ0n) is 14.4. The molecule has 0 radical (unpaired) electrons. The first-order valence-corrected chi connectivity index (χ1v) is 8.20. The number of guanidine groups is 2. The van der Waals surface area contributed by atoms with Crippen LogP contribution >= 0.6 is 0 Å². The van der Waals surface area contributed by atoms with Gasteiger partial charge in [-0.2, -0.15) is 4.99 Å². The number of aliphatic imine (C=N–C) groups is 2. The molecular formula is C18H16F2N6O2. The fourth-order valence-electron chi connectivity index (χ4n) is 2.40. The van der Waals surface area contributed by atoms with Crippen LogP contribution in [-0.4, -0.2) is 29.8 Å². The molecule has 3 rings (SSSR count). The number of nitrogens with zero attached hydrogens (tertiary/aromatic N) is 2. The number of halogens is 2. The smallest absolute Gasteiger partial charge is 0.252 e. The minimum Gasteiger partial charge on any atom is -0.369 e. The van der Waals surface area contributed by atoms with E-state index in [1.54, 1.807) is 12.1 Å². The summed E-state index contributed by atoms with van der Waals surface area (Å²) in [6.07, 6.45) is -0.296. The van der Waals surface area contributed by atoms with E-state index in [1.807, 2.05) is 18.2 Å². The van der Waals surface area contributed by atoms with Crippen LogP contribution in [0.15, 0.2) is 58.5 Å². The van der Waals surface area contributed by atoms with Gasteiger partial charge in [0.05, 0.1) is 6.42 Å². The third kappa shape index (κ3) is 4.87. The van der Waals surface area contributed by atoms with E-state index in [2.05, 4.69) is 25.9 Å².